The second-order valence-electron chi connectivity index (χ2n) is 5.63. The summed E-state index contributed by atoms with van der Waals surface area (Å²) in [7, 11) is 0. The summed E-state index contributed by atoms with van der Waals surface area (Å²) in [5.41, 5.74) is 5.33. The van der Waals surface area contributed by atoms with Crippen molar-refractivity contribution in [2.45, 2.75) is 17.7 Å². The summed E-state index contributed by atoms with van der Waals surface area (Å²) < 4.78 is 20.8. The minimum Gasteiger partial charge on any atom is -0.427 e. The van der Waals surface area contributed by atoms with E-state index in [1.807, 2.05) is 0 Å². The lowest BCUT2D eigenvalue weighted by Gasteiger charge is -2.48. The van der Waals surface area contributed by atoms with E-state index in [0.29, 0.717) is 5.57 Å². The van der Waals surface area contributed by atoms with Gasteiger partial charge in [-0.15, -0.1) is 11.8 Å². The molecule has 1 aromatic heterocycles. The molecule has 0 bridgehead atoms. The van der Waals surface area contributed by atoms with Gasteiger partial charge in [0.15, 0.2) is 5.13 Å². The zero-order valence-corrected chi connectivity index (χ0v) is 15.3. The van der Waals surface area contributed by atoms with E-state index >= 15 is 0 Å². The maximum atomic E-state index is 12.5. The monoisotopic (exact) mass is 430 g/mol. The van der Waals surface area contributed by atoms with Crippen LogP contribution in [0.4, 0.5) is 9.52 Å². The van der Waals surface area contributed by atoms with Crippen LogP contribution in [0.15, 0.2) is 16.4 Å². The summed E-state index contributed by atoms with van der Waals surface area (Å²) in [6, 6.07) is -0.983. The van der Waals surface area contributed by atoms with E-state index in [9.17, 15) is 23.9 Å². The largest absolute Gasteiger partial charge is 0.427 e. The van der Waals surface area contributed by atoms with Crippen molar-refractivity contribution < 1.29 is 33.5 Å². The van der Waals surface area contributed by atoms with Crippen molar-refractivity contribution in [1.82, 2.24) is 19.6 Å². The fraction of sp³-hybridized carbons (Fsp3) is 0.385. The molecule has 0 spiro atoms. The molecular weight excluding hydrogens is 419 g/mol. The number of nitrogens with zero attached hydrogens (tertiary/aromatic N) is 4. The number of oxime groups is 1. The van der Waals surface area contributed by atoms with E-state index in [1.165, 1.54) is 16.7 Å². The van der Waals surface area contributed by atoms with Crippen molar-refractivity contribution in [2.75, 3.05) is 18.3 Å². The first kappa shape index (κ1) is 18.6. The lowest BCUT2D eigenvalue weighted by molar-refractivity contribution is -0.157. The molecule has 1 saturated heterocycles. The number of amides is 2. The predicted octanol–water partition coefficient (Wildman–Crippen LogP) is -1.70. The third-order valence-corrected chi connectivity index (χ3v) is 5.91. The molecule has 0 aromatic carbocycles. The Labute approximate surface area is 163 Å². The number of carbonyl (C=O) groups is 3. The van der Waals surface area contributed by atoms with Gasteiger partial charge in [-0.3, -0.25) is 14.5 Å². The maximum Gasteiger partial charge on any atom is 0.357 e. The summed E-state index contributed by atoms with van der Waals surface area (Å²) in [4.78, 5) is 46.1. The Balaban J connectivity index is 1.52. The fourth-order valence-corrected chi connectivity index (χ4v) is 4.66. The summed E-state index contributed by atoms with van der Waals surface area (Å²) >= 11 is 2.04. The van der Waals surface area contributed by atoms with Crippen LogP contribution in [0.1, 0.15) is 5.82 Å². The first-order chi connectivity index (χ1) is 13.4. The molecule has 15 heteroatoms. The van der Waals surface area contributed by atoms with Crippen molar-refractivity contribution in [1.29, 1.82) is 0 Å². The number of alkyl halides is 1. The lowest BCUT2D eigenvalue weighted by Crippen LogP contribution is -2.70. The Hall–Kier alpha value is -2.78. The third-order valence-electron chi connectivity index (χ3n) is 4.07. The molecule has 4 rings (SSSR count). The van der Waals surface area contributed by atoms with Crippen LogP contribution in [0.25, 0.3) is 0 Å². The quantitative estimate of drug-likeness (QED) is 0.212. The van der Waals surface area contributed by atoms with E-state index in [-0.39, 0.29) is 22.4 Å². The number of nitrogen functional groups attached to an aromatic ring is 1. The number of hydrogen-bond donors (Lipinski definition) is 3. The third kappa shape index (κ3) is 2.87. The number of anilines is 1. The van der Waals surface area contributed by atoms with Gasteiger partial charge >= 0.3 is 5.97 Å². The van der Waals surface area contributed by atoms with Crippen molar-refractivity contribution in [3.63, 3.8) is 0 Å². The first-order valence-corrected chi connectivity index (χ1v) is 9.47. The van der Waals surface area contributed by atoms with Gasteiger partial charge in [-0.2, -0.15) is 9.36 Å². The number of hydrogen-bond acceptors (Lipinski definition) is 12. The molecule has 3 aliphatic heterocycles. The second kappa shape index (κ2) is 6.99. The number of fused-ring (bicyclic) bond motifs is 2. The second-order valence-corrected chi connectivity index (χ2v) is 7.52. The van der Waals surface area contributed by atoms with Gasteiger partial charge in [0.25, 0.3) is 18.7 Å². The minimum absolute atomic E-state index is 0.00431. The Morgan fingerprint density at radius 1 is 1.54 bits per heavy atom. The molecule has 1 unspecified atom stereocenters. The predicted molar refractivity (Wildman–Crippen MR) is 92.1 cm³/mol. The van der Waals surface area contributed by atoms with Gasteiger partial charge < -0.3 is 25.7 Å². The van der Waals surface area contributed by atoms with Crippen LogP contribution in [0.5, 0.6) is 0 Å². The summed E-state index contributed by atoms with van der Waals surface area (Å²) in [6.45, 7) is -1.29. The fourth-order valence-electron chi connectivity index (χ4n) is 2.86. The van der Waals surface area contributed by atoms with Gasteiger partial charge in [-0.05, 0) is 0 Å². The van der Waals surface area contributed by atoms with E-state index in [4.69, 9.17) is 10.5 Å². The number of aromatic nitrogens is 2. The number of thioether (sulfide) groups is 1. The number of rotatable bonds is 5. The molecule has 0 radical (unpaired) electrons. The number of aliphatic hydroxyl groups excluding tert-OH is 1. The lowest BCUT2D eigenvalue weighted by atomic mass is 10.0. The number of halogens is 1. The van der Waals surface area contributed by atoms with E-state index < -0.39 is 48.1 Å². The topological polar surface area (TPSA) is 169 Å². The molecule has 28 heavy (non-hydrogen) atoms. The van der Waals surface area contributed by atoms with Crippen molar-refractivity contribution >= 4 is 51.9 Å². The molecule has 1 aromatic rings. The molecular formula is C13H11FN6O6S2. The van der Waals surface area contributed by atoms with Crippen LogP contribution in [0, 0.1) is 0 Å². The van der Waals surface area contributed by atoms with E-state index in [0.717, 1.165) is 11.5 Å². The molecule has 3 atom stereocenters. The zero-order chi connectivity index (χ0) is 20.0. The number of carbonyl (C=O) groups excluding carboxylic acids is 3. The Morgan fingerprint density at radius 3 is 3.00 bits per heavy atom. The van der Waals surface area contributed by atoms with Crippen LogP contribution in [0.2, 0.25) is 0 Å². The highest BCUT2D eigenvalue weighted by atomic mass is 32.2. The van der Waals surface area contributed by atoms with Crippen LogP contribution < -0.4 is 11.1 Å². The molecule has 148 valence electrons. The van der Waals surface area contributed by atoms with Crippen LogP contribution in [0.3, 0.4) is 0 Å². The van der Waals surface area contributed by atoms with Crippen molar-refractivity contribution in [2.24, 2.45) is 5.16 Å². The van der Waals surface area contributed by atoms with Gasteiger partial charge in [0.2, 0.25) is 17.8 Å². The van der Waals surface area contributed by atoms with Gasteiger partial charge in [-0.1, -0.05) is 5.16 Å². The number of esters is 1. The average molecular weight is 430 g/mol. The van der Waals surface area contributed by atoms with E-state index in [2.05, 4.69) is 24.7 Å². The number of nitrogens with one attached hydrogen (secondary N) is 1. The highest BCUT2D eigenvalue weighted by Crippen LogP contribution is 2.43. The zero-order valence-electron chi connectivity index (χ0n) is 13.7. The highest BCUT2D eigenvalue weighted by Gasteiger charge is 2.57. The molecule has 0 saturated carbocycles. The molecule has 4 heterocycles. The van der Waals surface area contributed by atoms with Crippen molar-refractivity contribution in [3.05, 3.63) is 17.1 Å². The van der Waals surface area contributed by atoms with Gasteiger partial charge in [0.1, 0.15) is 17.1 Å². The first-order valence-electron chi connectivity index (χ1n) is 7.65. The number of aliphatic hydroxyl groups is 1. The van der Waals surface area contributed by atoms with Crippen LogP contribution in [-0.4, -0.2) is 73.2 Å². The van der Waals surface area contributed by atoms with Gasteiger partial charge in [-0.25, -0.2) is 9.18 Å². The standard InChI is InChI=1S/C13H11FN6O6S2/c14-2-25-18-4(7-17-13(15)28-19-7)8(21)16-5-9(22)20-6-3(1-27-10(5)20)11(23)26-12(6)24/h5,10-11,23H,1-2H2,(H,16,21)(H2,15,17,19)/b18-4-/t5-,10-,11?/m1/s1. The van der Waals surface area contributed by atoms with Gasteiger partial charge in [0, 0.05) is 22.9 Å². The SMILES string of the molecule is Nc1nc(/C(=N/OCF)C(=O)N[C@@H]2C(=O)N3C4=C(CS[C@H]23)C(O)OC4=O)ns1. The van der Waals surface area contributed by atoms with Crippen molar-refractivity contribution in [3.8, 4) is 0 Å². The van der Waals surface area contributed by atoms with Crippen LogP contribution in [-0.2, 0) is 24.0 Å². The Kier molecular flexibility index (Phi) is 4.64. The molecule has 12 nitrogen and oxygen atoms in total. The summed E-state index contributed by atoms with van der Waals surface area (Å²) in [5.74, 6) is -2.18. The Bertz CT molecular complexity index is 934. The Morgan fingerprint density at radius 2 is 2.32 bits per heavy atom. The molecule has 0 aliphatic carbocycles. The molecule has 2 amide bonds. The normalized spacial score (nSPS) is 26.4. The molecule has 3 aliphatic rings. The smallest absolute Gasteiger partial charge is 0.357 e. The number of ether oxygens (including phenoxy) is 1. The minimum atomic E-state index is -1.38. The van der Waals surface area contributed by atoms with E-state index in [1.54, 1.807) is 0 Å². The van der Waals surface area contributed by atoms with Gasteiger partial charge in [0.05, 0.1) is 0 Å². The maximum absolute atomic E-state index is 12.5. The average Bonchev–Trinajstić information content (AvgIpc) is 3.22. The number of cyclic esters (lactones) is 1. The summed E-state index contributed by atoms with van der Waals surface area (Å²) in [6.07, 6.45) is -1.38. The van der Waals surface area contributed by atoms with Crippen LogP contribution >= 0.6 is 23.3 Å². The molecule has 1 fully saturated rings. The molecule has 4 N–H and O–H groups in total. The highest BCUT2D eigenvalue weighted by molar-refractivity contribution is 8.00. The number of nitrogens with two attached hydrogens (primary N) is 1. The summed E-state index contributed by atoms with van der Waals surface area (Å²) in [5, 5.41) is 15.0. The number of β-lactam (4-membered cyclic amide) rings is 1.